The average molecular weight is 240 g/mol. The van der Waals surface area contributed by atoms with E-state index >= 15 is 0 Å². The number of hydrogen-bond donors (Lipinski definition) is 1. The second kappa shape index (κ2) is 3.92. The fraction of sp³-hybridized carbons (Fsp3) is 0. The fourth-order valence-electron chi connectivity index (χ4n) is 1.70. The van der Waals surface area contributed by atoms with Crippen molar-refractivity contribution in [1.82, 2.24) is 20.0 Å². The summed E-state index contributed by atoms with van der Waals surface area (Å²) >= 11 is 0. The standard InChI is InChI=1S/C12H8N4O2/c17-12(18)9-5-3-7-11(13-9)16-10-6-2-1-4-8(10)14-15-16/h1-7H,(H,17,18). The van der Waals surface area contributed by atoms with Gasteiger partial charge >= 0.3 is 5.97 Å². The molecule has 88 valence electrons. The third-order valence-electron chi connectivity index (χ3n) is 2.52. The Morgan fingerprint density at radius 1 is 1.11 bits per heavy atom. The lowest BCUT2D eigenvalue weighted by molar-refractivity contribution is 0.0690. The van der Waals surface area contributed by atoms with Gasteiger partial charge in [0.05, 0.1) is 5.52 Å². The minimum atomic E-state index is -1.07. The zero-order valence-corrected chi connectivity index (χ0v) is 9.19. The third kappa shape index (κ3) is 1.60. The van der Waals surface area contributed by atoms with Crippen LogP contribution in [-0.2, 0) is 0 Å². The molecule has 0 saturated carbocycles. The van der Waals surface area contributed by atoms with E-state index in [1.807, 2.05) is 24.3 Å². The van der Waals surface area contributed by atoms with Crippen molar-refractivity contribution in [3.63, 3.8) is 0 Å². The topological polar surface area (TPSA) is 80.9 Å². The minimum absolute atomic E-state index is 0.0212. The number of aromatic carboxylic acids is 1. The molecular formula is C12H8N4O2. The molecule has 0 saturated heterocycles. The SMILES string of the molecule is O=C(O)c1cccc(-n2nnc3ccccc32)n1. The van der Waals surface area contributed by atoms with E-state index in [2.05, 4.69) is 15.3 Å². The number of nitrogens with zero attached hydrogens (tertiary/aromatic N) is 4. The lowest BCUT2D eigenvalue weighted by Gasteiger charge is -2.01. The molecule has 6 nitrogen and oxygen atoms in total. The number of aromatic nitrogens is 4. The van der Waals surface area contributed by atoms with E-state index in [0.717, 1.165) is 11.0 Å². The molecule has 0 unspecified atom stereocenters. The Balaban J connectivity index is 2.20. The van der Waals surface area contributed by atoms with Crippen molar-refractivity contribution in [2.75, 3.05) is 0 Å². The van der Waals surface area contributed by atoms with Gasteiger partial charge in [0.25, 0.3) is 0 Å². The van der Waals surface area contributed by atoms with E-state index in [-0.39, 0.29) is 5.69 Å². The van der Waals surface area contributed by atoms with E-state index in [4.69, 9.17) is 5.11 Å². The van der Waals surface area contributed by atoms with Gasteiger partial charge in [-0.2, -0.15) is 4.68 Å². The second-order valence-corrected chi connectivity index (χ2v) is 3.68. The highest BCUT2D eigenvalue weighted by atomic mass is 16.4. The van der Waals surface area contributed by atoms with Gasteiger partial charge in [0, 0.05) is 0 Å². The first kappa shape index (κ1) is 10.4. The number of pyridine rings is 1. The Morgan fingerprint density at radius 3 is 2.78 bits per heavy atom. The Bertz CT molecular complexity index is 736. The number of hydrogen-bond acceptors (Lipinski definition) is 4. The van der Waals surface area contributed by atoms with Crippen molar-refractivity contribution in [3.8, 4) is 5.82 Å². The molecule has 0 aliphatic rings. The maximum absolute atomic E-state index is 10.9. The minimum Gasteiger partial charge on any atom is -0.477 e. The largest absolute Gasteiger partial charge is 0.477 e. The van der Waals surface area contributed by atoms with E-state index in [9.17, 15) is 4.79 Å². The molecule has 3 aromatic rings. The monoisotopic (exact) mass is 240 g/mol. The number of rotatable bonds is 2. The maximum atomic E-state index is 10.9. The van der Waals surface area contributed by atoms with Gasteiger partial charge in [-0.25, -0.2) is 9.78 Å². The number of para-hydroxylation sites is 1. The van der Waals surface area contributed by atoms with Gasteiger partial charge < -0.3 is 5.11 Å². The van der Waals surface area contributed by atoms with Crippen LogP contribution < -0.4 is 0 Å². The summed E-state index contributed by atoms with van der Waals surface area (Å²) in [6.45, 7) is 0. The lowest BCUT2D eigenvalue weighted by atomic mass is 10.3. The molecule has 18 heavy (non-hydrogen) atoms. The molecule has 6 heteroatoms. The van der Waals surface area contributed by atoms with Gasteiger partial charge in [0.2, 0.25) is 0 Å². The van der Waals surface area contributed by atoms with Crippen molar-refractivity contribution in [1.29, 1.82) is 0 Å². The molecule has 1 N–H and O–H groups in total. The van der Waals surface area contributed by atoms with Crippen LogP contribution in [0.25, 0.3) is 16.9 Å². The molecule has 3 rings (SSSR count). The highest BCUT2D eigenvalue weighted by Crippen LogP contribution is 2.14. The Hall–Kier alpha value is -2.76. The normalized spacial score (nSPS) is 10.7. The van der Waals surface area contributed by atoms with Gasteiger partial charge in [0.15, 0.2) is 11.5 Å². The molecule has 0 bridgehead atoms. The van der Waals surface area contributed by atoms with Crippen LogP contribution in [-0.4, -0.2) is 31.1 Å². The van der Waals surface area contributed by atoms with Crippen LogP contribution in [0.3, 0.4) is 0 Å². The Labute approximate surface area is 102 Å². The molecule has 0 fully saturated rings. The van der Waals surface area contributed by atoms with E-state index in [1.54, 1.807) is 12.1 Å². The first-order valence-corrected chi connectivity index (χ1v) is 5.27. The first-order chi connectivity index (χ1) is 8.75. The summed E-state index contributed by atoms with van der Waals surface area (Å²) in [6, 6.07) is 12.2. The third-order valence-corrected chi connectivity index (χ3v) is 2.52. The van der Waals surface area contributed by atoms with Crippen molar-refractivity contribution in [2.45, 2.75) is 0 Å². The number of carboxylic acid groups (broad SMARTS) is 1. The van der Waals surface area contributed by atoms with Gasteiger partial charge in [-0.3, -0.25) is 0 Å². The highest BCUT2D eigenvalue weighted by Gasteiger charge is 2.09. The molecule has 1 aromatic carbocycles. The lowest BCUT2D eigenvalue weighted by Crippen LogP contribution is -2.05. The average Bonchev–Trinajstić information content (AvgIpc) is 2.82. The number of benzene rings is 1. The van der Waals surface area contributed by atoms with Crippen LogP contribution in [0.2, 0.25) is 0 Å². The summed E-state index contributed by atoms with van der Waals surface area (Å²) in [6.07, 6.45) is 0. The molecule has 0 spiro atoms. The molecule has 2 heterocycles. The van der Waals surface area contributed by atoms with Crippen molar-refractivity contribution >= 4 is 17.0 Å². The van der Waals surface area contributed by atoms with Gasteiger partial charge in [-0.15, -0.1) is 5.10 Å². The zero-order chi connectivity index (χ0) is 12.5. The van der Waals surface area contributed by atoms with Crippen molar-refractivity contribution in [2.24, 2.45) is 0 Å². The smallest absolute Gasteiger partial charge is 0.354 e. The number of carboxylic acids is 1. The van der Waals surface area contributed by atoms with Gasteiger partial charge in [-0.1, -0.05) is 23.4 Å². The molecule has 0 aliphatic carbocycles. The van der Waals surface area contributed by atoms with Gasteiger partial charge in [-0.05, 0) is 24.3 Å². The van der Waals surface area contributed by atoms with Crippen molar-refractivity contribution < 1.29 is 9.90 Å². The van der Waals surface area contributed by atoms with Crippen LogP contribution >= 0.6 is 0 Å². The zero-order valence-electron chi connectivity index (χ0n) is 9.19. The summed E-state index contributed by atoms with van der Waals surface area (Å²) in [5.74, 6) is -0.634. The first-order valence-electron chi connectivity index (χ1n) is 5.27. The quantitative estimate of drug-likeness (QED) is 0.734. The highest BCUT2D eigenvalue weighted by molar-refractivity contribution is 5.85. The summed E-state index contributed by atoms with van der Waals surface area (Å²) in [4.78, 5) is 14.9. The van der Waals surface area contributed by atoms with E-state index in [1.165, 1.54) is 10.7 Å². The molecule has 0 radical (unpaired) electrons. The fourth-order valence-corrected chi connectivity index (χ4v) is 1.70. The predicted octanol–water partition coefficient (Wildman–Crippen LogP) is 1.51. The van der Waals surface area contributed by atoms with Crippen LogP contribution in [0, 0.1) is 0 Å². The van der Waals surface area contributed by atoms with Crippen LogP contribution in [0.1, 0.15) is 10.5 Å². The van der Waals surface area contributed by atoms with Gasteiger partial charge in [0.1, 0.15) is 5.52 Å². The Morgan fingerprint density at radius 2 is 1.94 bits per heavy atom. The van der Waals surface area contributed by atoms with Crippen LogP contribution in [0.4, 0.5) is 0 Å². The summed E-state index contributed by atoms with van der Waals surface area (Å²) in [5.41, 5.74) is 1.50. The predicted molar refractivity (Wildman–Crippen MR) is 63.6 cm³/mol. The van der Waals surface area contributed by atoms with Crippen LogP contribution in [0.5, 0.6) is 0 Å². The maximum Gasteiger partial charge on any atom is 0.354 e. The van der Waals surface area contributed by atoms with Crippen LogP contribution in [0.15, 0.2) is 42.5 Å². The second-order valence-electron chi connectivity index (χ2n) is 3.68. The molecular weight excluding hydrogens is 232 g/mol. The molecule has 0 aliphatic heterocycles. The molecule has 0 atom stereocenters. The Kier molecular flexibility index (Phi) is 2.26. The summed E-state index contributed by atoms with van der Waals surface area (Å²) in [5, 5.41) is 16.9. The number of fused-ring (bicyclic) bond motifs is 1. The van der Waals surface area contributed by atoms with Crippen molar-refractivity contribution in [3.05, 3.63) is 48.2 Å². The molecule has 2 aromatic heterocycles. The number of carbonyl (C=O) groups is 1. The van der Waals surface area contributed by atoms with E-state index < -0.39 is 5.97 Å². The molecule has 0 amide bonds. The summed E-state index contributed by atoms with van der Waals surface area (Å²) in [7, 11) is 0. The summed E-state index contributed by atoms with van der Waals surface area (Å²) < 4.78 is 1.52. The van der Waals surface area contributed by atoms with E-state index in [0.29, 0.717) is 5.82 Å².